The molecule has 2 heterocycles. The lowest BCUT2D eigenvalue weighted by Gasteiger charge is -2.25. The molecule has 0 bridgehead atoms. The van der Waals surface area contributed by atoms with Crippen molar-refractivity contribution in [2.45, 2.75) is 31.5 Å². The zero-order valence-electron chi connectivity index (χ0n) is 17.9. The van der Waals surface area contributed by atoms with Gasteiger partial charge in [-0.05, 0) is 41.3 Å². The van der Waals surface area contributed by atoms with Crippen molar-refractivity contribution in [3.05, 3.63) is 107 Å². The van der Waals surface area contributed by atoms with Gasteiger partial charge >= 0.3 is 5.97 Å². The minimum Gasteiger partial charge on any atom is -0.454 e. The van der Waals surface area contributed by atoms with Crippen LogP contribution in [0, 0.1) is 0 Å². The molecule has 1 amide bonds. The highest BCUT2D eigenvalue weighted by Crippen LogP contribution is 2.31. The third-order valence-electron chi connectivity index (χ3n) is 6.27. The molecule has 2 aliphatic rings. The number of carbonyl (C=O) groups is 2. The van der Waals surface area contributed by atoms with Crippen LogP contribution >= 0.6 is 0 Å². The largest absolute Gasteiger partial charge is 0.454 e. The molecule has 2 unspecified atom stereocenters. The highest BCUT2D eigenvalue weighted by molar-refractivity contribution is 5.98. The fourth-order valence-electron chi connectivity index (χ4n) is 4.60. The van der Waals surface area contributed by atoms with Gasteiger partial charge in [0.2, 0.25) is 0 Å². The first kappa shape index (κ1) is 20.5. The number of nitrogens with zero attached hydrogens (tertiary/aromatic N) is 1. The lowest BCUT2D eigenvalue weighted by atomic mass is 9.93. The molecular formula is C27H26N2O3. The van der Waals surface area contributed by atoms with Gasteiger partial charge in [0, 0.05) is 37.7 Å². The van der Waals surface area contributed by atoms with E-state index in [0.29, 0.717) is 17.5 Å². The Morgan fingerprint density at radius 1 is 1.00 bits per heavy atom. The summed E-state index contributed by atoms with van der Waals surface area (Å²) in [5, 5.41) is 3.18. The van der Waals surface area contributed by atoms with Crippen LogP contribution in [0.5, 0.6) is 0 Å². The number of hydrogen-bond donors (Lipinski definition) is 1. The Morgan fingerprint density at radius 3 is 2.53 bits per heavy atom. The molecular weight excluding hydrogens is 400 g/mol. The lowest BCUT2D eigenvalue weighted by Crippen LogP contribution is -2.37. The Morgan fingerprint density at radius 2 is 1.75 bits per heavy atom. The van der Waals surface area contributed by atoms with Crippen LogP contribution in [-0.2, 0) is 17.7 Å². The first-order chi connectivity index (χ1) is 15.7. The second-order valence-electron chi connectivity index (χ2n) is 8.56. The van der Waals surface area contributed by atoms with E-state index in [1.54, 1.807) is 12.1 Å². The number of amides is 1. The van der Waals surface area contributed by atoms with Gasteiger partial charge in [0.25, 0.3) is 5.91 Å². The van der Waals surface area contributed by atoms with Crippen LogP contribution in [0.3, 0.4) is 0 Å². The molecule has 0 saturated carbocycles. The van der Waals surface area contributed by atoms with E-state index in [9.17, 15) is 9.59 Å². The van der Waals surface area contributed by atoms with E-state index in [-0.39, 0.29) is 24.0 Å². The Bertz CT molecular complexity index is 1110. The fourth-order valence-corrected chi connectivity index (χ4v) is 4.60. The predicted octanol–water partition coefficient (Wildman–Crippen LogP) is 4.15. The highest BCUT2D eigenvalue weighted by Gasteiger charge is 2.29. The fraction of sp³-hybridized carbons (Fsp3) is 0.259. The SMILES string of the molecule is O=C(NC1CCN(Cc2ccccc2)C1)c1ccc2c(c1)CC(c1ccccc1)OC2=O. The van der Waals surface area contributed by atoms with E-state index in [2.05, 4.69) is 34.5 Å². The molecule has 2 atom stereocenters. The Labute approximate surface area is 188 Å². The van der Waals surface area contributed by atoms with Crippen LogP contribution in [0.4, 0.5) is 0 Å². The number of carbonyl (C=O) groups excluding carboxylic acids is 2. The van der Waals surface area contributed by atoms with Gasteiger partial charge in [0.05, 0.1) is 5.56 Å². The molecule has 5 heteroatoms. The van der Waals surface area contributed by atoms with Gasteiger partial charge in [-0.1, -0.05) is 60.7 Å². The van der Waals surface area contributed by atoms with E-state index in [1.165, 1.54) is 5.56 Å². The van der Waals surface area contributed by atoms with E-state index in [0.717, 1.165) is 37.2 Å². The summed E-state index contributed by atoms with van der Waals surface area (Å²) in [4.78, 5) is 27.8. The molecule has 1 N–H and O–H groups in total. The molecule has 3 aromatic rings. The predicted molar refractivity (Wildman–Crippen MR) is 122 cm³/mol. The molecule has 2 aliphatic heterocycles. The maximum Gasteiger partial charge on any atom is 0.339 e. The summed E-state index contributed by atoms with van der Waals surface area (Å²) >= 11 is 0. The summed E-state index contributed by atoms with van der Waals surface area (Å²) in [5.74, 6) is -0.422. The van der Waals surface area contributed by atoms with Crippen LogP contribution in [0.2, 0.25) is 0 Å². The number of rotatable bonds is 5. The van der Waals surface area contributed by atoms with Crippen molar-refractivity contribution in [2.75, 3.05) is 13.1 Å². The zero-order chi connectivity index (χ0) is 21.9. The third kappa shape index (κ3) is 4.43. The maximum absolute atomic E-state index is 12.9. The van der Waals surface area contributed by atoms with E-state index in [1.807, 2.05) is 42.5 Å². The first-order valence-electron chi connectivity index (χ1n) is 11.1. The van der Waals surface area contributed by atoms with Gasteiger partial charge in [0.1, 0.15) is 6.10 Å². The summed E-state index contributed by atoms with van der Waals surface area (Å²) in [6.07, 6.45) is 1.18. The monoisotopic (exact) mass is 426 g/mol. The molecule has 0 aliphatic carbocycles. The number of benzene rings is 3. The Kier molecular flexibility index (Phi) is 5.73. The second-order valence-corrected chi connectivity index (χ2v) is 8.56. The van der Waals surface area contributed by atoms with Crippen molar-refractivity contribution in [3.63, 3.8) is 0 Å². The Balaban J connectivity index is 1.24. The molecule has 162 valence electrons. The molecule has 0 spiro atoms. The van der Waals surface area contributed by atoms with Crippen molar-refractivity contribution in [3.8, 4) is 0 Å². The molecule has 0 aromatic heterocycles. The van der Waals surface area contributed by atoms with Crippen LogP contribution in [0.25, 0.3) is 0 Å². The molecule has 0 radical (unpaired) electrons. The van der Waals surface area contributed by atoms with E-state index in [4.69, 9.17) is 4.74 Å². The summed E-state index contributed by atoms with van der Waals surface area (Å²) in [6, 6.07) is 25.5. The summed E-state index contributed by atoms with van der Waals surface area (Å²) < 4.78 is 5.62. The van der Waals surface area contributed by atoms with Crippen molar-refractivity contribution in [1.82, 2.24) is 10.2 Å². The second kappa shape index (κ2) is 8.97. The lowest BCUT2D eigenvalue weighted by molar-refractivity contribution is 0.0252. The van der Waals surface area contributed by atoms with Gasteiger partial charge in [-0.15, -0.1) is 0 Å². The summed E-state index contributed by atoms with van der Waals surface area (Å²) in [6.45, 7) is 2.71. The van der Waals surface area contributed by atoms with Crippen LogP contribution in [0.15, 0.2) is 78.9 Å². The van der Waals surface area contributed by atoms with E-state index >= 15 is 0 Å². The minimum atomic E-state index is -0.334. The molecule has 5 nitrogen and oxygen atoms in total. The summed E-state index contributed by atoms with van der Waals surface area (Å²) in [5.41, 5.74) is 4.25. The average molecular weight is 427 g/mol. The molecule has 1 saturated heterocycles. The van der Waals surface area contributed by atoms with Gasteiger partial charge in [-0.2, -0.15) is 0 Å². The number of esters is 1. The molecule has 3 aromatic carbocycles. The van der Waals surface area contributed by atoms with Gasteiger partial charge in [-0.25, -0.2) is 4.79 Å². The maximum atomic E-state index is 12.9. The number of fused-ring (bicyclic) bond motifs is 1. The number of ether oxygens (including phenoxy) is 1. The van der Waals surface area contributed by atoms with Crippen LogP contribution < -0.4 is 5.32 Å². The average Bonchev–Trinajstić information content (AvgIpc) is 3.26. The van der Waals surface area contributed by atoms with E-state index < -0.39 is 0 Å². The van der Waals surface area contributed by atoms with Crippen molar-refractivity contribution in [2.24, 2.45) is 0 Å². The molecule has 32 heavy (non-hydrogen) atoms. The normalized spacial score (nSPS) is 20.4. The standard InChI is InChI=1S/C27H26N2O3/c30-26(28-23-13-14-29(18-23)17-19-7-3-1-4-8-19)21-11-12-24-22(15-21)16-25(32-27(24)31)20-9-5-2-6-10-20/h1-12,15,23,25H,13-14,16-18H2,(H,28,30). The molecule has 1 fully saturated rings. The van der Waals surface area contributed by atoms with Gasteiger partial charge < -0.3 is 10.1 Å². The van der Waals surface area contributed by atoms with Crippen LogP contribution in [-0.4, -0.2) is 35.9 Å². The minimum absolute atomic E-state index is 0.0884. The highest BCUT2D eigenvalue weighted by atomic mass is 16.5. The van der Waals surface area contributed by atoms with Crippen LogP contribution in [0.1, 0.15) is 49.9 Å². The number of likely N-dealkylation sites (tertiary alicyclic amines) is 1. The topological polar surface area (TPSA) is 58.6 Å². The Hall–Kier alpha value is -3.44. The van der Waals surface area contributed by atoms with Crippen molar-refractivity contribution in [1.29, 1.82) is 0 Å². The smallest absolute Gasteiger partial charge is 0.339 e. The quantitative estimate of drug-likeness (QED) is 0.623. The zero-order valence-corrected chi connectivity index (χ0v) is 17.9. The number of hydrogen-bond acceptors (Lipinski definition) is 4. The number of nitrogens with one attached hydrogen (secondary N) is 1. The molecule has 5 rings (SSSR count). The van der Waals surface area contributed by atoms with Crippen molar-refractivity contribution >= 4 is 11.9 Å². The van der Waals surface area contributed by atoms with Crippen molar-refractivity contribution < 1.29 is 14.3 Å². The summed E-state index contributed by atoms with van der Waals surface area (Å²) in [7, 11) is 0. The van der Waals surface area contributed by atoms with Gasteiger partial charge in [0.15, 0.2) is 0 Å². The number of cyclic esters (lactones) is 1. The van der Waals surface area contributed by atoms with Gasteiger partial charge in [-0.3, -0.25) is 9.69 Å². The third-order valence-corrected chi connectivity index (χ3v) is 6.27. The first-order valence-corrected chi connectivity index (χ1v) is 11.1.